The summed E-state index contributed by atoms with van der Waals surface area (Å²) in [5.41, 5.74) is -0.858. The van der Waals surface area contributed by atoms with Crippen molar-refractivity contribution in [3.05, 3.63) is 0 Å². The van der Waals surface area contributed by atoms with Gasteiger partial charge < -0.3 is 15.1 Å². The molecule has 2 N–H and O–H groups in total. The van der Waals surface area contributed by atoms with Gasteiger partial charge in [-0.15, -0.1) is 0 Å². The van der Waals surface area contributed by atoms with Gasteiger partial charge in [-0.1, -0.05) is 25.7 Å². The minimum atomic E-state index is -0.858. The molecule has 0 aromatic heterocycles. The third-order valence-electron chi connectivity index (χ3n) is 4.93. The number of rotatable bonds is 6. The normalized spacial score (nSPS) is 22.1. The van der Waals surface area contributed by atoms with Gasteiger partial charge in [0, 0.05) is 19.0 Å². The molecule has 2 aliphatic rings. The fraction of sp³-hybridized carbons (Fsp3) is 0.867. The highest BCUT2D eigenvalue weighted by Gasteiger charge is 2.44. The molecule has 0 radical (unpaired) electrons. The van der Waals surface area contributed by atoms with E-state index >= 15 is 0 Å². The smallest absolute Gasteiger partial charge is 0.310 e. The number of hydrogen-bond acceptors (Lipinski definition) is 3. The Morgan fingerprint density at radius 2 is 1.70 bits per heavy atom. The summed E-state index contributed by atoms with van der Waals surface area (Å²) in [7, 11) is 0. The lowest BCUT2D eigenvalue weighted by atomic mass is 9.82. The van der Waals surface area contributed by atoms with Crippen LogP contribution < -0.4 is 0 Å². The highest BCUT2D eigenvalue weighted by Crippen LogP contribution is 2.42. The second kappa shape index (κ2) is 6.57. The minimum Gasteiger partial charge on any atom is -0.481 e. The van der Waals surface area contributed by atoms with Gasteiger partial charge in [-0.25, -0.2) is 0 Å². The third-order valence-corrected chi connectivity index (χ3v) is 4.93. The number of hydrogen-bond donors (Lipinski definition) is 2. The number of aliphatic carboxylic acids is 1. The molecule has 0 heterocycles. The van der Waals surface area contributed by atoms with E-state index in [1.54, 1.807) is 4.90 Å². The van der Waals surface area contributed by atoms with E-state index in [0.29, 0.717) is 19.4 Å². The maximum absolute atomic E-state index is 12.5. The molecule has 0 aliphatic heterocycles. The fourth-order valence-corrected chi connectivity index (χ4v) is 3.74. The van der Waals surface area contributed by atoms with Crippen LogP contribution >= 0.6 is 0 Å². The first kappa shape index (κ1) is 15.3. The van der Waals surface area contributed by atoms with Gasteiger partial charge in [-0.3, -0.25) is 9.59 Å². The van der Waals surface area contributed by atoms with Crippen molar-refractivity contribution in [2.24, 2.45) is 5.41 Å². The summed E-state index contributed by atoms with van der Waals surface area (Å²) in [5, 5.41) is 18.6. The zero-order valence-corrected chi connectivity index (χ0v) is 12.0. The molecule has 0 aromatic carbocycles. The number of aliphatic hydroxyl groups excluding tert-OH is 1. The molecule has 0 atom stereocenters. The average molecular weight is 283 g/mol. The summed E-state index contributed by atoms with van der Waals surface area (Å²) < 4.78 is 0. The Hall–Kier alpha value is -1.10. The van der Waals surface area contributed by atoms with E-state index in [1.165, 1.54) is 0 Å². The number of carboxylic acid groups (broad SMARTS) is 1. The quantitative estimate of drug-likeness (QED) is 0.779. The van der Waals surface area contributed by atoms with E-state index in [-0.39, 0.29) is 25.0 Å². The predicted molar refractivity (Wildman–Crippen MR) is 74.2 cm³/mol. The first-order chi connectivity index (χ1) is 9.59. The number of carbonyl (C=O) groups excluding carboxylic acids is 1. The lowest BCUT2D eigenvalue weighted by molar-refractivity contribution is -0.154. The molecule has 5 heteroatoms. The number of nitrogens with zero attached hydrogens (tertiary/aromatic N) is 1. The zero-order chi connectivity index (χ0) is 14.6. The first-order valence-corrected chi connectivity index (χ1v) is 7.73. The van der Waals surface area contributed by atoms with Crippen molar-refractivity contribution in [2.45, 2.75) is 63.8 Å². The molecule has 5 nitrogen and oxygen atoms in total. The van der Waals surface area contributed by atoms with Crippen LogP contribution in [0.4, 0.5) is 0 Å². The lowest BCUT2D eigenvalue weighted by Gasteiger charge is -2.32. The molecule has 2 fully saturated rings. The molecule has 114 valence electrons. The SMILES string of the molecule is O=C(CC1(C(=O)O)CCCC1)N(CCO)C1CCCC1. The number of carboxylic acids is 1. The Kier molecular flexibility index (Phi) is 5.02. The van der Waals surface area contributed by atoms with Crippen LogP contribution in [-0.2, 0) is 9.59 Å². The summed E-state index contributed by atoms with van der Waals surface area (Å²) in [6, 6.07) is 0.196. The molecule has 0 bridgehead atoms. The van der Waals surface area contributed by atoms with Crippen LogP contribution in [-0.4, -0.2) is 46.2 Å². The van der Waals surface area contributed by atoms with Crippen LogP contribution in [0.15, 0.2) is 0 Å². The van der Waals surface area contributed by atoms with E-state index in [4.69, 9.17) is 5.11 Å². The number of amides is 1. The average Bonchev–Trinajstić information content (AvgIpc) is 3.07. The Morgan fingerprint density at radius 1 is 1.10 bits per heavy atom. The molecular formula is C15H25NO4. The molecule has 2 aliphatic carbocycles. The highest BCUT2D eigenvalue weighted by molar-refractivity contribution is 5.85. The first-order valence-electron chi connectivity index (χ1n) is 7.73. The highest BCUT2D eigenvalue weighted by atomic mass is 16.4. The van der Waals surface area contributed by atoms with E-state index in [2.05, 4.69) is 0 Å². The van der Waals surface area contributed by atoms with Gasteiger partial charge >= 0.3 is 5.97 Å². The zero-order valence-electron chi connectivity index (χ0n) is 12.0. The van der Waals surface area contributed by atoms with Crippen molar-refractivity contribution in [1.82, 2.24) is 4.90 Å². The third kappa shape index (κ3) is 3.14. The summed E-state index contributed by atoms with van der Waals surface area (Å²) in [4.78, 5) is 25.8. The van der Waals surface area contributed by atoms with Crippen molar-refractivity contribution >= 4 is 11.9 Å². The summed E-state index contributed by atoms with van der Waals surface area (Å²) in [5.74, 6) is -0.922. The lowest BCUT2D eigenvalue weighted by Crippen LogP contribution is -2.44. The Balaban J connectivity index is 2.05. The monoisotopic (exact) mass is 283 g/mol. The number of aliphatic hydroxyl groups is 1. The van der Waals surface area contributed by atoms with E-state index in [1.807, 2.05) is 0 Å². The summed E-state index contributed by atoms with van der Waals surface area (Å²) in [6.45, 7) is 0.279. The van der Waals surface area contributed by atoms with Crippen LogP contribution in [0, 0.1) is 5.41 Å². The molecule has 1 amide bonds. The fourth-order valence-electron chi connectivity index (χ4n) is 3.74. The molecule has 0 saturated heterocycles. The van der Waals surface area contributed by atoms with E-state index in [9.17, 15) is 14.7 Å². The molecule has 2 rings (SSSR count). The van der Waals surface area contributed by atoms with Gasteiger partial charge in [0.1, 0.15) is 0 Å². The van der Waals surface area contributed by atoms with Crippen molar-refractivity contribution in [3.63, 3.8) is 0 Å². The second-order valence-corrected chi connectivity index (χ2v) is 6.22. The summed E-state index contributed by atoms with van der Waals surface area (Å²) in [6.07, 6.45) is 7.27. The van der Waals surface area contributed by atoms with Gasteiger partial charge in [0.25, 0.3) is 0 Å². The second-order valence-electron chi connectivity index (χ2n) is 6.22. The van der Waals surface area contributed by atoms with Crippen LogP contribution in [0.25, 0.3) is 0 Å². The predicted octanol–water partition coefficient (Wildman–Crippen LogP) is 1.78. The van der Waals surface area contributed by atoms with E-state index < -0.39 is 11.4 Å². The molecule has 0 aromatic rings. The van der Waals surface area contributed by atoms with Gasteiger partial charge in [0.2, 0.25) is 5.91 Å². The maximum atomic E-state index is 12.5. The van der Waals surface area contributed by atoms with Crippen molar-refractivity contribution < 1.29 is 19.8 Å². The van der Waals surface area contributed by atoms with Crippen molar-refractivity contribution in [3.8, 4) is 0 Å². The molecule has 2 saturated carbocycles. The van der Waals surface area contributed by atoms with Crippen LogP contribution in [0.1, 0.15) is 57.8 Å². The maximum Gasteiger partial charge on any atom is 0.310 e. The van der Waals surface area contributed by atoms with Crippen molar-refractivity contribution in [2.75, 3.05) is 13.2 Å². The topological polar surface area (TPSA) is 77.8 Å². The van der Waals surface area contributed by atoms with Crippen molar-refractivity contribution in [1.29, 1.82) is 0 Å². The molecule has 0 spiro atoms. The molecule has 20 heavy (non-hydrogen) atoms. The Morgan fingerprint density at radius 3 is 2.20 bits per heavy atom. The van der Waals surface area contributed by atoms with Gasteiger partial charge in [-0.2, -0.15) is 0 Å². The van der Waals surface area contributed by atoms with Gasteiger partial charge in [0.15, 0.2) is 0 Å². The minimum absolute atomic E-state index is 0.0533. The van der Waals surface area contributed by atoms with Crippen LogP contribution in [0.3, 0.4) is 0 Å². The largest absolute Gasteiger partial charge is 0.481 e. The van der Waals surface area contributed by atoms with Gasteiger partial charge in [0.05, 0.1) is 12.0 Å². The van der Waals surface area contributed by atoms with Crippen LogP contribution in [0.5, 0.6) is 0 Å². The molecular weight excluding hydrogens is 258 g/mol. The molecule has 0 unspecified atom stereocenters. The van der Waals surface area contributed by atoms with Gasteiger partial charge in [-0.05, 0) is 25.7 Å². The van der Waals surface area contributed by atoms with Crippen LogP contribution in [0.2, 0.25) is 0 Å². The Labute approximate surface area is 120 Å². The van der Waals surface area contributed by atoms with E-state index in [0.717, 1.165) is 38.5 Å². The number of carbonyl (C=O) groups is 2. The summed E-state index contributed by atoms with van der Waals surface area (Å²) >= 11 is 0. The standard InChI is InChI=1S/C15H25NO4/c17-10-9-16(12-5-1-2-6-12)13(18)11-15(14(19)20)7-3-4-8-15/h12,17H,1-11H2,(H,19,20). The Bertz CT molecular complexity index is 357.